The average Bonchev–Trinajstić information content (AvgIpc) is 3.17. The Morgan fingerprint density at radius 1 is 1.12 bits per heavy atom. The SMILES string of the molecule is Cc1nn(C)cc1-c1ccnc(NCCc2cn3ccccc3n2)n1. The first-order chi connectivity index (χ1) is 12.2. The van der Waals surface area contributed by atoms with Crippen molar-refractivity contribution in [3.8, 4) is 11.3 Å². The van der Waals surface area contributed by atoms with Crippen molar-refractivity contribution in [2.45, 2.75) is 13.3 Å². The average molecular weight is 333 g/mol. The van der Waals surface area contributed by atoms with Crippen LogP contribution in [0.4, 0.5) is 5.95 Å². The second-order valence-electron chi connectivity index (χ2n) is 5.94. The summed E-state index contributed by atoms with van der Waals surface area (Å²) in [6.45, 7) is 2.70. The minimum Gasteiger partial charge on any atom is -0.354 e. The summed E-state index contributed by atoms with van der Waals surface area (Å²) < 4.78 is 3.82. The Labute approximate surface area is 145 Å². The Morgan fingerprint density at radius 2 is 2.04 bits per heavy atom. The van der Waals surface area contributed by atoms with E-state index >= 15 is 0 Å². The topological polar surface area (TPSA) is 72.9 Å². The maximum Gasteiger partial charge on any atom is 0.223 e. The van der Waals surface area contributed by atoms with Crippen LogP contribution >= 0.6 is 0 Å². The van der Waals surface area contributed by atoms with Crippen LogP contribution in [-0.4, -0.2) is 35.7 Å². The molecule has 0 fully saturated rings. The fourth-order valence-corrected chi connectivity index (χ4v) is 2.85. The quantitative estimate of drug-likeness (QED) is 0.607. The van der Waals surface area contributed by atoms with Crippen molar-refractivity contribution in [2.75, 3.05) is 11.9 Å². The lowest BCUT2D eigenvalue weighted by atomic mass is 10.2. The Hall–Kier alpha value is -3.22. The lowest BCUT2D eigenvalue weighted by molar-refractivity contribution is 0.756. The van der Waals surface area contributed by atoms with Gasteiger partial charge in [0, 0.05) is 50.4 Å². The predicted molar refractivity (Wildman–Crippen MR) is 96.4 cm³/mol. The molecule has 0 unspecified atom stereocenters. The van der Waals surface area contributed by atoms with Gasteiger partial charge in [-0.3, -0.25) is 4.68 Å². The molecule has 4 heterocycles. The van der Waals surface area contributed by atoms with Crippen molar-refractivity contribution in [1.29, 1.82) is 0 Å². The van der Waals surface area contributed by atoms with Crippen molar-refractivity contribution in [3.05, 3.63) is 60.4 Å². The third-order valence-electron chi connectivity index (χ3n) is 4.02. The van der Waals surface area contributed by atoms with Crippen LogP contribution in [0.1, 0.15) is 11.4 Å². The van der Waals surface area contributed by atoms with Gasteiger partial charge >= 0.3 is 0 Å². The molecule has 0 aliphatic heterocycles. The lowest BCUT2D eigenvalue weighted by Crippen LogP contribution is -2.08. The number of fused-ring (bicyclic) bond motifs is 1. The van der Waals surface area contributed by atoms with E-state index in [1.165, 1.54) is 0 Å². The van der Waals surface area contributed by atoms with E-state index < -0.39 is 0 Å². The van der Waals surface area contributed by atoms with Crippen molar-refractivity contribution >= 4 is 11.6 Å². The van der Waals surface area contributed by atoms with Crippen molar-refractivity contribution < 1.29 is 0 Å². The summed E-state index contributed by atoms with van der Waals surface area (Å²) in [5.41, 5.74) is 4.85. The number of nitrogens with zero attached hydrogens (tertiary/aromatic N) is 6. The predicted octanol–water partition coefficient (Wildman–Crippen LogP) is 2.49. The molecule has 0 saturated carbocycles. The summed E-state index contributed by atoms with van der Waals surface area (Å²) in [6.07, 6.45) is 8.59. The third-order valence-corrected chi connectivity index (χ3v) is 4.02. The van der Waals surface area contributed by atoms with Gasteiger partial charge < -0.3 is 9.72 Å². The van der Waals surface area contributed by atoms with Crippen LogP contribution in [0, 0.1) is 6.92 Å². The molecule has 25 heavy (non-hydrogen) atoms. The number of rotatable bonds is 5. The molecule has 0 aliphatic carbocycles. The van der Waals surface area contributed by atoms with Crippen molar-refractivity contribution in [2.24, 2.45) is 7.05 Å². The molecule has 4 aromatic rings. The molecule has 0 aromatic carbocycles. The van der Waals surface area contributed by atoms with Crippen LogP contribution in [0.3, 0.4) is 0 Å². The van der Waals surface area contributed by atoms with Gasteiger partial charge in [-0.2, -0.15) is 5.10 Å². The van der Waals surface area contributed by atoms with Crippen LogP contribution < -0.4 is 5.32 Å². The summed E-state index contributed by atoms with van der Waals surface area (Å²) >= 11 is 0. The highest BCUT2D eigenvalue weighted by molar-refractivity contribution is 5.61. The Kier molecular flexibility index (Phi) is 3.89. The maximum absolute atomic E-state index is 4.59. The molecule has 126 valence electrons. The lowest BCUT2D eigenvalue weighted by Gasteiger charge is -2.05. The monoisotopic (exact) mass is 333 g/mol. The fraction of sp³-hybridized carbons (Fsp3) is 0.222. The Bertz CT molecular complexity index is 982. The summed E-state index contributed by atoms with van der Waals surface area (Å²) in [5, 5.41) is 7.64. The van der Waals surface area contributed by atoms with E-state index in [1.54, 1.807) is 10.9 Å². The first-order valence-electron chi connectivity index (χ1n) is 8.19. The largest absolute Gasteiger partial charge is 0.354 e. The van der Waals surface area contributed by atoms with Gasteiger partial charge in [-0.25, -0.2) is 15.0 Å². The van der Waals surface area contributed by atoms with Crippen LogP contribution in [0.5, 0.6) is 0 Å². The van der Waals surface area contributed by atoms with E-state index in [0.29, 0.717) is 5.95 Å². The first-order valence-corrected chi connectivity index (χ1v) is 8.19. The summed E-state index contributed by atoms with van der Waals surface area (Å²) in [4.78, 5) is 13.5. The molecular weight excluding hydrogens is 314 g/mol. The molecule has 1 N–H and O–H groups in total. The molecule has 0 atom stereocenters. The first kappa shape index (κ1) is 15.3. The Balaban J connectivity index is 1.44. The fourth-order valence-electron chi connectivity index (χ4n) is 2.85. The minimum atomic E-state index is 0.615. The molecule has 7 nitrogen and oxygen atoms in total. The molecule has 4 rings (SSSR count). The van der Waals surface area contributed by atoms with Gasteiger partial charge in [-0.05, 0) is 25.1 Å². The van der Waals surface area contributed by atoms with Gasteiger partial charge in [0.15, 0.2) is 0 Å². The summed E-state index contributed by atoms with van der Waals surface area (Å²) in [7, 11) is 1.91. The molecule has 7 heteroatoms. The minimum absolute atomic E-state index is 0.615. The molecule has 0 spiro atoms. The van der Waals surface area contributed by atoms with Gasteiger partial charge in [-0.15, -0.1) is 0 Å². The van der Waals surface area contributed by atoms with Crippen LogP contribution in [0.15, 0.2) is 49.1 Å². The molecule has 4 aromatic heterocycles. The molecule has 0 saturated heterocycles. The van der Waals surface area contributed by atoms with Gasteiger partial charge in [0.2, 0.25) is 5.95 Å². The van der Waals surface area contributed by atoms with Gasteiger partial charge in [0.05, 0.1) is 17.1 Å². The van der Waals surface area contributed by atoms with Gasteiger partial charge in [-0.1, -0.05) is 6.07 Å². The molecular formula is C18H19N7. The number of aromatic nitrogens is 6. The molecule has 0 amide bonds. The smallest absolute Gasteiger partial charge is 0.223 e. The molecule has 0 radical (unpaired) electrons. The number of imidazole rings is 1. The standard InChI is InChI=1S/C18H19N7/c1-13-15(12-24(2)23-13)16-7-9-20-18(22-16)19-8-6-14-11-25-10-4-3-5-17(25)21-14/h3-5,7,9-12H,6,8H2,1-2H3,(H,19,20,22). The number of aryl methyl sites for hydroxylation is 2. The number of pyridine rings is 1. The third kappa shape index (κ3) is 3.21. The highest BCUT2D eigenvalue weighted by Crippen LogP contribution is 2.20. The van der Waals surface area contributed by atoms with Gasteiger partial charge in [0.1, 0.15) is 5.65 Å². The highest BCUT2D eigenvalue weighted by Gasteiger charge is 2.09. The van der Waals surface area contributed by atoms with Crippen LogP contribution in [-0.2, 0) is 13.5 Å². The summed E-state index contributed by atoms with van der Waals surface area (Å²) in [5.74, 6) is 0.615. The van der Waals surface area contributed by atoms with Crippen molar-refractivity contribution in [3.63, 3.8) is 0 Å². The molecule has 0 aliphatic rings. The van der Waals surface area contributed by atoms with Crippen molar-refractivity contribution in [1.82, 2.24) is 29.1 Å². The van der Waals surface area contributed by atoms with E-state index in [0.717, 1.165) is 41.3 Å². The van der Waals surface area contributed by atoms with E-state index in [2.05, 4.69) is 25.4 Å². The van der Waals surface area contributed by atoms with E-state index in [1.807, 2.05) is 61.2 Å². The molecule has 0 bridgehead atoms. The van der Waals surface area contributed by atoms with Crippen LogP contribution in [0.2, 0.25) is 0 Å². The number of hydrogen-bond donors (Lipinski definition) is 1. The van der Waals surface area contributed by atoms with Crippen LogP contribution in [0.25, 0.3) is 16.9 Å². The van der Waals surface area contributed by atoms with E-state index in [4.69, 9.17) is 0 Å². The number of hydrogen-bond acceptors (Lipinski definition) is 5. The number of anilines is 1. The second kappa shape index (κ2) is 6.35. The normalized spacial score (nSPS) is 11.1. The zero-order valence-corrected chi connectivity index (χ0v) is 14.2. The summed E-state index contributed by atoms with van der Waals surface area (Å²) in [6, 6.07) is 7.89. The maximum atomic E-state index is 4.59. The second-order valence-corrected chi connectivity index (χ2v) is 5.94. The Morgan fingerprint density at radius 3 is 2.84 bits per heavy atom. The van der Waals surface area contributed by atoms with Gasteiger partial charge in [0.25, 0.3) is 0 Å². The number of nitrogens with one attached hydrogen (secondary N) is 1. The van der Waals surface area contributed by atoms with E-state index in [9.17, 15) is 0 Å². The highest BCUT2D eigenvalue weighted by atomic mass is 15.3. The van der Waals surface area contributed by atoms with E-state index in [-0.39, 0.29) is 0 Å². The zero-order chi connectivity index (χ0) is 17.2. The zero-order valence-electron chi connectivity index (χ0n) is 14.2.